The van der Waals surface area contributed by atoms with Crippen LogP contribution in [-0.4, -0.2) is 24.7 Å². The van der Waals surface area contributed by atoms with Crippen molar-refractivity contribution < 1.29 is 4.74 Å². The van der Waals surface area contributed by atoms with Crippen molar-refractivity contribution in [2.45, 2.75) is 12.8 Å². The summed E-state index contributed by atoms with van der Waals surface area (Å²) < 4.78 is 5.87. The zero-order chi connectivity index (χ0) is 15.2. The van der Waals surface area contributed by atoms with Crippen LogP contribution in [0.4, 0.5) is 5.82 Å². The Hall–Kier alpha value is -2.54. The molecule has 0 aliphatic carbocycles. The summed E-state index contributed by atoms with van der Waals surface area (Å²) in [6.07, 6.45) is 4.00. The van der Waals surface area contributed by atoms with Crippen molar-refractivity contribution in [3.8, 4) is 11.8 Å². The number of para-hydroxylation sites is 1. The molecule has 0 amide bonds. The number of piperidine rings is 1. The molecule has 0 N–H and O–H groups in total. The Kier molecular flexibility index (Phi) is 4.55. The first kappa shape index (κ1) is 14.4. The Morgan fingerprint density at radius 2 is 2.09 bits per heavy atom. The van der Waals surface area contributed by atoms with Crippen LogP contribution in [0.2, 0.25) is 0 Å². The molecule has 1 fully saturated rings. The van der Waals surface area contributed by atoms with E-state index in [9.17, 15) is 5.26 Å². The van der Waals surface area contributed by atoms with Gasteiger partial charge in [0.25, 0.3) is 0 Å². The summed E-state index contributed by atoms with van der Waals surface area (Å²) in [7, 11) is 0. The largest absolute Gasteiger partial charge is 0.493 e. The van der Waals surface area contributed by atoms with Crippen molar-refractivity contribution in [1.82, 2.24) is 4.98 Å². The number of rotatable bonds is 4. The van der Waals surface area contributed by atoms with Crippen molar-refractivity contribution in [3.63, 3.8) is 0 Å². The minimum absolute atomic E-state index is 0.461. The van der Waals surface area contributed by atoms with Crippen LogP contribution < -0.4 is 9.64 Å². The molecule has 0 spiro atoms. The van der Waals surface area contributed by atoms with E-state index in [2.05, 4.69) is 16.0 Å². The average molecular weight is 293 g/mol. The molecule has 1 aromatic carbocycles. The zero-order valence-corrected chi connectivity index (χ0v) is 12.5. The Morgan fingerprint density at radius 1 is 1.23 bits per heavy atom. The summed E-state index contributed by atoms with van der Waals surface area (Å²) >= 11 is 0. The Bertz CT molecular complexity index is 651. The second-order valence-electron chi connectivity index (χ2n) is 5.56. The maximum atomic E-state index is 9.23. The summed E-state index contributed by atoms with van der Waals surface area (Å²) in [4.78, 5) is 6.60. The van der Waals surface area contributed by atoms with E-state index in [0.29, 0.717) is 18.1 Å². The molecule has 1 saturated heterocycles. The third kappa shape index (κ3) is 3.37. The molecule has 112 valence electrons. The lowest BCUT2D eigenvalue weighted by Crippen LogP contribution is -2.38. The molecule has 2 aromatic rings. The van der Waals surface area contributed by atoms with Crippen LogP contribution in [0.3, 0.4) is 0 Å². The Morgan fingerprint density at radius 3 is 2.91 bits per heavy atom. The number of pyridine rings is 1. The fourth-order valence-corrected chi connectivity index (χ4v) is 2.86. The molecule has 1 aliphatic heterocycles. The van der Waals surface area contributed by atoms with Gasteiger partial charge in [-0.15, -0.1) is 0 Å². The molecule has 1 unspecified atom stereocenters. The van der Waals surface area contributed by atoms with E-state index >= 15 is 0 Å². The maximum Gasteiger partial charge on any atom is 0.146 e. The van der Waals surface area contributed by atoms with Gasteiger partial charge in [-0.25, -0.2) is 4.98 Å². The standard InChI is InChI=1S/C18H19N3O/c19-12-16-7-4-10-20-18(16)21-11-5-6-15(13-21)14-22-17-8-2-1-3-9-17/h1-4,7-10,15H,5-6,11,13-14H2. The van der Waals surface area contributed by atoms with Crippen LogP contribution in [-0.2, 0) is 0 Å². The molecule has 4 heteroatoms. The van der Waals surface area contributed by atoms with Crippen LogP contribution in [0.25, 0.3) is 0 Å². The van der Waals surface area contributed by atoms with Gasteiger partial charge in [-0.3, -0.25) is 0 Å². The molecule has 0 bridgehead atoms. The third-order valence-corrected chi connectivity index (χ3v) is 3.95. The molecule has 0 radical (unpaired) electrons. The number of hydrogen-bond donors (Lipinski definition) is 0. The quantitative estimate of drug-likeness (QED) is 0.868. The van der Waals surface area contributed by atoms with Crippen LogP contribution in [0.1, 0.15) is 18.4 Å². The second-order valence-corrected chi connectivity index (χ2v) is 5.56. The van der Waals surface area contributed by atoms with E-state index in [0.717, 1.165) is 37.5 Å². The first-order valence-corrected chi connectivity index (χ1v) is 7.65. The average Bonchev–Trinajstić information content (AvgIpc) is 2.61. The van der Waals surface area contributed by atoms with E-state index in [1.807, 2.05) is 42.5 Å². The number of ether oxygens (including phenoxy) is 1. The first-order chi connectivity index (χ1) is 10.9. The monoisotopic (exact) mass is 293 g/mol. The van der Waals surface area contributed by atoms with Gasteiger partial charge in [0.1, 0.15) is 17.6 Å². The summed E-state index contributed by atoms with van der Waals surface area (Å²) in [5.74, 6) is 2.17. The lowest BCUT2D eigenvalue weighted by molar-refractivity contribution is 0.228. The highest BCUT2D eigenvalue weighted by Gasteiger charge is 2.23. The number of benzene rings is 1. The molecule has 1 atom stereocenters. The normalized spacial score (nSPS) is 17.8. The number of hydrogen-bond acceptors (Lipinski definition) is 4. The van der Waals surface area contributed by atoms with E-state index in [1.165, 1.54) is 0 Å². The molecule has 4 nitrogen and oxygen atoms in total. The maximum absolute atomic E-state index is 9.23. The minimum Gasteiger partial charge on any atom is -0.493 e. The van der Waals surface area contributed by atoms with Crippen molar-refractivity contribution >= 4 is 5.82 Å². The lowest BCUT2D eigenvalue weighted by atomic mass is 9.98. The fraction of sp³-hybridized carbons (Fsp3) is 0.333. The molecular weight excluding hydrogens is 274 g/mol. The summed E-state index contributed by atoms with van der Waals surface area (Å²) in [5, 5.41) is 9.23. The van der Waals surface area contributed by atoms with Crippen LogP contribution in [0, 0.1) is 17.2 Å². The molecule has 1 aliphatic rings. The van der Waals surface area contributed by atoms with Gasteiger partial charge in [-0.05, 0) is 37.1 Å². The van der Waals surface area contributed by atoms with Gasteiger partial charge in [-0.1, -0.05) is 18.2 Å². The number of nitrogens with zero attached hydrogens (tertiary/aromatic N) is 3. The van der Waals surface area contributed by atoms with Crippen LogP contribution >= 0.6 is 0 Å². The molecule has 3 rings (SSSR count). The van der Waals surface area contributed by atoms with Crippen molar-refractivity contribution in [2.24, 2.45) is 5.92 Å². The summed E-state index contributed by atoms with van der Waals surface area (Å²) in [6, 6.07) is 15.8. The van der Waals surface area contributed by atoms with E-state index < -0.39 is 0 Å². The highest BCUT2D eigenvalue weighted by molar-refractivity contribution is 5.53. The van der Waals surface area contributed by atoms with Gasteiger partial charge in [0.05, 0.1) is 12.2 Å². The van der Waals surface area contributed by atoms with Gasteiger partial charge in [0.15, 0.2) is 0 Å². The van der Waals surface area contributed by atoms with E-state index in [1.54, 1.807) is 6.20 Å². The molecule has 2 heterocycles. The smallest absolute Gasteiger partial charge is 0.146 e. The lowest BCUT2D eigenvalue weighted by Gasteiger charge is -2.33. The van der Waals surface area contributed by atoms with Gasteiger partial charge < -0.3 is 9.64 Å². The van der Waals surface area contributed by atoms with Crippen molar-refractivity contribution in [1.29, 1.82) is 5.26 Å². The number of aromatic nitrogens is 1. The predicted octanol–water partition coefficient (Wildman–Crippen LogP) is 3.25. The van der Waals surface area contributed by atoms with Gasteiger partial charge in [0.2, 0.25) is 0 Å². The van der Waals surface area contributed by atoms with Crippen LogP contribution in [0.5, 0.6) is 5.75 Å². The van der Waals surface area contributed by atoms with Gasteiger partial charge in [0, 0.05) is 25.2 Å². The van der Waals surface area contributed by atoms with Gasteiger partial charge >= 0.3 is 0 Å². The molecule has 1 aromatic heterocycles. The predicted molar refractivity (Wildman–Crippen MR) is 85.8 cm³/mol. The van der Waals surface area contributed by atoms with E-state index in [4.69, 9.17) is 4.74 Å². The molecule has 0 saturated carbocycles. The number of nitriles is 1. The Labute approximate surface area is 131 Å². The summed E-state index contributed by atoms with van der Waals surface area (Å²) in [5.41, 5.74) is 0.645. The van der Waals surface area contributed by atoms with Crippen molar-refractivity contribution in [2.75, 3.05) is 24.6 Å². The van der Waals surface area contributed by atoms with Gasteiger partial charge in [-0.2, -0.15) is 5.26 Å². The fourth-order valence-electron chi connectivity index (χ4n) is 2.86. The second kappa shape index (κ2) is 6.95. The van der Waals surface area contributed by atoms with Crippen LogP contribution in [0.15, 0.2) is 48.7 Å². The Balaban J connectivity index is 1.63. The topological polar surface area (TPSA) is 49.2 Å². The van der Waals surface area contributed by atoms with Crippen molar-refractivity contribution in [3.05, 3.63) is 54.2 Å². The minimum atomic E-state index is 0.461. The van der Waals surface area contributed by atoms with E-state index in [-0.39, 0.29) is 0 Å². The highest BCUT2D eigenvalue weighted by Crippen LogP contribution is 2.24. The SMILES string of the molecule is N#Cc1cccnc1N1CCCC(COc2ccccc2)C1. The molecular formula is C18H19N3O. The highest BCUT2D eigenvalue weighted by atomic mass is 16.5. The summed E-state index contributed by atoms with van der Waals surface area (Å²) in [6.45, 7) is 2.54. The third-order valence-electron chi connectivity index (χ3n) is 3.95. The zero-order valence-electron chi connectivity index (χ0n) is 12.5. The number of anilines is 1. The first-order valence-electron chi connectivity index (χ1n) is 7.65. The molecule has 22 heavy (non-hydrogen) atoms.